The van der Waals surface area contributed by atoms with Gasteiger partial charge in [0.15, 0.2) is 6.29 Å². The predicted molar refractivity (Wildman–Crippen MR) is 119 cm³/mol. The minimum atomic E-state index is -0.00473. The molecule has 0 heterocycles. The Morgan fingerprint density at radius 3 is 2.17 bits per heavy atom. The van der Waals surface area contributed by atoms with E-state index in [1.165, 1.54) is 5.39 Å². The van der Waals surface area contributed by atoms with Gasteiger partial charge >= 0.3 is 0 Å². The second kappa shape index (κ2) is 6.92. The molecule has 138 valence electrons. The molecule has 5 aromatic rings. The van der Waals surface area contributed by atoms with Crippen molar-refractivity contribution >= 4 is 27.8 Å². The van der Waals surface area contributed by atoms with Crippen molar-refractivity contribution in [3.8, 4) is 28.0 Å². The zero-order valence-corrected chi connectivity index (χ0v) is 15.7. The van der Waals surface area contributed by atoms with Gasteiger partial charge in [-0.1, -0.05) is 84.9 Å². The maximum Gasteiger partial charge on any atom is 0.154 e. The van der Waals surface area contributed by atoms with Gasteiger partial charge in [0.1, 0.15) is 5.75 Å². The Labute approximate surface area is 168 Å². The molecule has 0 saturated heterocycles. The molecule has 0 bridgehead atoms. The molecule has 0 aliphatic carbocycles. The van der Waals surface area contributed by atoms with Crippen molar-refractivity contribution in [3.05, 3.63) is 103 Å². The molecule has 0 aliphatic heterocycles. The van der Waals surface area contributed by atoms with Gasteiger partial charge in [0.25, 0.3) is 0 Å². The standard InChI is InChI=1S/C27H18O2/c28-17-25-24(10-5-11-26(25)29)27-22-9-4-3-7-19(22)14-15-23(27)21-13-12-18-6-1-2-8-20(18)16-21/h1-17,29H. The molecule has 2 heteroatoms. The summed E-state index contributed by atoms with van der Waals surface area (Å²) >= 11 is 0. The maximum atomic E-state index is 11.8. The van der Waals surface area contributed by atoms with Crippen LogP contribution in [-0.4, -0.2) is 11.4 Å². The number of hydrogen-bond donors (Lipinski definition) is 1. The van der Waals surface area contributed by atoms with Crippen LogP contribution < -0.4 is 0 Å². The fraction of sp³-hybridized carbons (Fsp3) is 0. The van der Waals surface area contributed by atoms with Crippen molar-refractivity contribution < 1.29 is 9.90 Å². The van der Waals surface area contributed by atoms with Crippen molar-refractivity contribution in [2.24, 2.45) is 0 Å². The van der Waals surface area contributed by atoms with Crippen molar-refractivity contribution in [3.63, 3.8) is 0 Å². The highest BCUT2D eigenvalue weighted by Crippen LogP contribution is 2.41. The van der Waals surface area contributed by atoms with Gasteiger partial charge in [0.2, 0.25) is 0 Å². The number of carbonyl (C=O) groups excluding carboxylic acids is 1. The topological polar surface area (TPSA) is 37.3 Å². The largest absolute Gasteiger partial charge is 0.507 e. The molecule has 0 fully saturated rings. The number of phenols is 1. The Bertz CT molecular complexity index is 1380. The molecule has 0 amide bonds. The second-order valence-corrected chi connectivity index (χ2v) is 7.13. The van der Waals surface area contributed by atoms with Gasteiger partial charge in [0.05, 0.1) is 5.56 Å². The van der Waals surface area contributed by atoms with Crippen LogP contribution in [-0.2, 0) is 0 Å². The van der Waals surface area contributed by atoms with Crippen LogP contribution >= 0.6 is 0 Å². The lowest BCUT2D eigenvalue weighted by molar-refractivity contribution is 0.112. The molecule has 0 atom stereocenters. The number of aldehydes is 1. The Balaban J connectivity index is 1.88. The Morgan fingerprint density at radius 1 is 0.621 bits per heavy atom. The molecule has 0 radical (unpaired) electrons. The average molecular weight is 374 g/mol. The highest BCUT2D eigenvalue weighted by Gasteiger charge is 2.17. The lowest BCUT2D eigenvalue weighted by Crippen LogP contribution is -1.93. The van der Waals surface area contributed by atoms with Gasteiger partial charge in [-0.3, -0.25) is 4.79 Å². The molecule has 0 unspecified atom stereocenters. The highest BCUT2D eigenvalue weighted by molar-refractivity contribution is 6.08. The first-order chi connectivity index (χ1) is 14.3. The van der Waals surface area contributed by atoms with Crippen molar-refractivity contribution in [2.45, 2.75) is 0 Å². The van der Waals surface area contributed by atoms with Crippen LogP contribution in [0.2, 0.25) is 0 Å². The third-order valence-corrected chi connectivity index (χ3v) is 5.46. The molecule has 5 rings (SSSR count). The van der Waals surface area contributed by atoms with E-state index in [4.69, 9.17) is 0 Å². The van der Waals surface area contributed by atoms with Crippen LogP contribution in [0.3, 0.4) is 0 Å². The maximum absolute atomic E-state index is 11.8. The number of fused-ring (bicyclic) bond motifs is 2. The Kier molecular flexibility index (Phi) is 4.10. The summed E-state index contributed by atoms with van der Waals surface area (Å²) in [5.41, 5.74) is 4.11. The summed E-state index contributed by atoms with van der Waals surface area (Å²) < 4.78 is 0. The lowest BCUT2D eigenvalue weighted by atomic mass is 9.87. The highest BCUT2D eigenvalue weighted by atomic mass is 16.3. The average Bonchev–Trinajstić information content (AvgIpc) is 2.78. The SMILES string of the molecule is O=Cc1c(O)cccc1-c1c(-c2ccc3ccccc3c2)ccc2ccccc12. The Hall–Kier alpha value is -3.91. The van der Waals surface area contributed by atoms with Crippen LogP contribution in [0.1, 0.15) is 10.4 Å². The minimum Gasteiger partial charge on any atom is -0.507 e. The fourth-order valence-corrected chi connectivity index (χ4v) is 4.05. The minimum absolute atomic E-state index is 0.00473. The van der Waals surface area contributed by atoms with Crippen molar-refractivity contribution in [2.75, 3.05) is 0 Å². The summed E-state index contributed by atoms with van der Waals surface area (Å²) in [4.78, 5) is 11.8. The molecule has 29 heavy (non-hydrogen) atoms. The molecule has 1 N–H and O–H groups in total. The summed E-state index contributed by atoms with van der Waals surface area (Å²) in [6, 6.07) is 32.2. The number of hydrogen-bond acceptors (Lipinski definition) is 2. The smallest absolute Gasteiger partial charge is 0.154 e. The Morgan fingerprint density at radius 2 is 1.34 bits per heavy atom. The zero-order chi connectivity index (χ0) is 19.8. The first-order valence-corrected chi connectivity index (χ1v) is 9.55. The van der Waals surface area contributed by atoms with Gasteiger partial charge in [-0.15, -0.1) is 0 Å². The van der Waals surface area contributed by atoms with E-state index in [0.29, 0.717) is 5.56 Å². The quantitative estimate of drug-likeness (QED) is 0.351. The first-order valence-electron chi connectivity index (χ1n) is 9.55. The zero-order valence-electron chi connectivity index (χ0n) is 15.7. The van der Waals surface area contributed by atoms with Gasteiger partial charge in [-0.2, -0.15) is 0 Å². The molecule has 5 aromatic carbocycles. The number of benzene rings is 5. The van der Waals surface area contributed by atoms with Gasteiger partial charge in [0, 0.05) is 0 Å². The van der Waals surface area contributed by atoms with Crippen LogP contribution in [0.25, 0.3) is 43.8 Å². The summed E-state index contributed by atoms with van der Waals surface area (Å²) in [7, 11) is 0. The van der Waals surface area contributed by atoms with E-state index < -0.39 is 0 Å². The molecule has 0 aromatic heterocycles. The number of phenolic OH excluding ortho intramolecular Hbond substituents is 1. The molecule has 0 saturated carbocycles. The summed E-state index contributed by atoms with van der Waals surface area (Å²) in [5.74, 6) is -0.00473. The van der Waals surface area contributed by atoms with E-state index in [0.717, 1.165) is 44.7 Å². The van der Waals surface area contributed by atoms with Gasteiger partial charge < -0.3 is 5.11 Å². The molecular formula is C27H18O2. The molecular weight excluding hydrogens is 356 g/mol. The first kappa shape index (κ1) is 17.2. The lowest BCUT2D eigenvalue weighted by Gasteiger charge is -2.16. The van der Waals surface area contributed by atoms with E-state index in [-0.39, 0.29) is 5.75 Å². The van der Waals surface area contributed by atoms with E-state index in [2.05, 4.69) is 54.6 Å². The molecule has 0 aliphatic rings. The summed E-state index contributed by atoms with van der Waals surface area (Å²) in [5, 5.41) is 14.8. The third kappa shape index (κ3) is 2.86. The molecule has 0 spiro atoms. The van der Waals surface area contributed by atoms with E-state index in [1.807, 2.05) is 30.3 Å². The monoisotopic (exact) mass is 374 g/mol. The summed E-state index contributed by atoms with van der Waals surface area (Å²) in [6.07, 6.45) is 0.733. The van der Waals surface area contributed by atoms with Crippen LogP contribution in [0.15, 0.2) is 97.1 Å². The van der Waals surface area contributed by atoms with Gasteiger partial charge in [-0.25, -0.2) is 0 Å². The second-order valence-electron chi connectivity index (χ2n) is 7.13. The summed E-state index contributed by atoms with van der Waals surface area (Å²) in [6.45, 7) is 0. The van der Waals surface area contributed by atoms with Crippen LogP contribution in [0.5, 0.6) is 5.75 Å². The number of rotatable bonds is 3. The predicted octanol–water partition coefficient (Wildman–Crippen LogP) is 6.85. The van der Waals surface area contributed by atoms with Crippen molar-refractivity contribution in [1.82, 2.24) is 0 Å². The number of carbonyl (C=O) groups is 1. The number of aromatic hydroxyl groups is 1. The van der Waals surface area contributed by atoms with Gasteiger partial charge in [-0.05, 0) is 55.9 Å². The van der Waals surface area contributed by atoms with E-state index in [9.17, 15) is 9.90 Å². The van der Waals surface area contributed by atoms with E-state index >= 15 is 0 Å². The van der Waals surface area contributed by atoms with Crippen LogP contribution in [0, 0.1) is 0 Å². The van der Waals surface area contributed by atoms with Crippen molar-refractivity contribution in [1.29, 1.82) is 0 Å². The van der Waals surface area contributed by atoms with Crippen LogP contribution in [0.4, 0.5) is 0 Å². The fourth-order valence-electron chi connectivity index (χ4n) is 4.05. The normalized spacial score (nSPS) is 11.0. The molecule has 2 nitrogen and oxygen atoms in total. The third-order valence-electron chi connectivity index (χ3n) is 5.46. The van der Waals surface area contributed by atoms with E-state index in [1.54, 1.807) is 12.1 Å².